The highest BCUT2D eigenvalue weighted by molar-refractivity contribution is 8.15. The van der Waals surface area contributed by atoms with Crippen molar-refractivity contribution in [3.05, 3.63) is 10.1 Å². The summed E-state index contributed by atoms with van der Waals surface area (Å²) in [5, 5.41) is 12.0. The smallest absolute Gasteiger partial charge is 0.242 e. The average molecular weight is 225 g/mol. The Kier molecular flexibility index (Phi) is 2.76. The number of hydrogen-bond donors (Lipinski definition) is 0. The normalized spacial score (nSPS) is 21.0. The van der Waals surface area contributed by atoms with Crippen LogP contribution in [-0.4, -0.2) is 41.5 Å². The number of hydrogen-bond acceptors (Lipinski definition) is 5. The molecule has 13 heavy (non-hydrogen) atoms. The summed E-state index contributed by atoms with van der Waals surface area (Å²) in [6.45, 7) is 0.246. The molecule has 1 fully saturated rings. The first-order chi connectivity index (χ1) is 5.91. The highest BCUT2D eigenvalue weighted by Crippen LogP contribution is 2.20. The van der Waals surface area contributed by atoms with Crippen LogP contribution >= 0.6 is 11.8 Å². The van der Waals surface area contributed by atoms with E-state index < -0.39 is 15.1 Å². The monoisotopic (exact) mass is 225 g/mol. The van der Waals surface area contributed by atoms with E-state index in [9.17, 15) is 18.5 Å². The molecule has 0 atom stereocenters. The molecule has 1 saturated heterocycles. The van der Waals surface area contributed by atoms with Gasteiger partial charge in [0.25, 0.3) is 5.17 Å². The summed E-state index contributed by atoms with van der Waals surface area (Å²) in [4.78, 5) is 10.0. The molecule has 0 saturated carbocycles. The molecule has 1 heterocycles. The Morgan fingerprint density at radius 1 is 1.69 bits per heavy atom. The van der Waals surface area contributed by atoms with Crippen molar-refractivity contribution < 1.29 is 13.5 Å². The van der Waals surface area contributed by atoms with E-state index in [-0.39, 0.29) is 11.7 Å². The van der Waals surface area contributed by atoms with E-state index in [4.69, 9.17) is 0 Å². The van der Waals surface area contributed by atoms with E-state index in [1.54, 1.807) is 0 Å². The van der Waals surface area contributed by atoms with Gasteiger partial charge in [0.2, 0.25) is 10.0 Å². The Morgan fingerprint density at radius 3 is 2.77 bits per heavy atom. The quantitative estimate of drug-likeness (QED) is 0.468. The maximum absolute atomic E-state index is 11.0. The lowest BCUT2D eigenvalue weighted by Gasteiger charge is -2.11. The summed E-state index contributed by atoms with van der Waals surface area (Å²) in [5.41, 5.74) is 0. The van der Waals surface area contributed by atoms with Crippen molar-refractivity contribution in [2.24, 2.45) is 5.10 Å². The average Bonchev–Trinajstić information content (AvgIpc) is 2.31. The van der Waals surface area contributed by atoms with Gasteiger partial charge in [-0.3, -0.25) is 0 Å². The molecule has 7 nitrogen and oxygen atoms in total. The Morgan fingerprint density at radius 2 is 2.31 bits per heavy atom. The van der Waals surface area contributed by atoms with E-state index >= 15 is 0 Å². The highest BCUT2D eigenvalue weighted by Gasteiger charge is 2.29. The third kappa shape index (κ3) is 2.56. The number of amidine groups is 1. The number of nitro groups is 1. The maximum atomic E-state index is 11.0. The van der Waals surface area contributed by atoms with Crippen LogP contribution in [0, 0.1) is 10.1 Å². The van der Waals surface area contributed by atoms with Crippen LogP contribution in [-0.2, 0) is 10.0 Å². The minimum Gasteiger partial charge on any atom is -0.242 e. The fourth-order valence-electron chi connectivity index (χ4n) is 0.844. The zero-order valence-corrected chi connectivity index (χ0v) is 8.34. The van der Waals surface area contributed by atoms with Crippen LogP contribution in [0.15, 0.2) is 5.10 Å². The van der Waals surface area contributed by atoms with Gasteiger partial charge < -0.3 is 0 Å². The molecule has 0 bridgehead atoms. The van der Waals surface area contributed by atoms with E-state index in [0.29, 0.717) is 5.75 Å². The molecule has 0 aliphatic carbocycles. The third-order valence-corrected chi connectivity index (χ3v) is 3.53. The van der Waals surface area contributed by atoms with Gasteiger partial charge in [0.05, 0.1) is 11.4 Å². The number of nitrogens with zero attached hydrogens (tertiary/aromatic N) is 3. The van der Waals surface area contributed by atoms with E-state index in [2.05, 4.69) is 5.10 Å². The molecule has 9 heteroatoms. The van der Waals surface area contributed by atoms with Crippen LogP contribution in [0.5, 0.6) is 0 Å². The van der Waals surface area contributed by atoms with Gasteiger partial charge in [0, 0.05) is 12.3 Å². The predicted molar refractivity (Wildman–Crippen MR) is 48.4 cm³/mol. The summed E-state index contributed by atoms with van der Waals surface area (Å²) in [6, 6.07) is 0. The van der Waals surface area contributed by atoms with Gasteiger partial charge in [-0.05, 0) is 0 Å². The van der Waals surface area contributed by atoms with Crippen LogP contribution < -0.4 is 0 Å². The molecule has 1 aliphatic rings. The lowest BCUT2D eigenvalue weighted by atomic mass is 10.8. The lowest BCUT2D eigenvalue weighted by Crippen LogP contribution is -2.31. The molecule has 1 aliphatic heterocycles. The standard InChI is InChI=1S/C4H7N3O4S2/c1-13(10,11)6-2-3-12-4(6)5-7(8)9/h2-3H2,1H3. The molecular formula is C4H7N3O4S2. The van der Waals surface area contributed by atoms with Gasteiger partial charge >= 0.3 is 0 Å². The molecule has 0 N–H and O–H groups in total. The van der Waals surface area contributed by atoms with Gasteiger partial charge in [0.15, 0.2) is 5.03 Å². The van der Waals surface area contributed by atoms with Crippen molar-refractivity contribution in [3.8, 4) is 0 Å². The zero-order valence-electron chi connectivity index (χ0n) is 6.71. The zero-order chi connectivity index (χ0) is 10.1. The van der Waals surface area contributed by atoms with E-state index in [1.165, 1.54) is 0 Å². The molecule has 0 unspecified atom stereocenters. The molecule has 0 radical (unpaired) electrons. The van der Waals surface area contributed by atoms with Crippen LogP contribution in [0.25, 0.3) is 0 Å². The van der Waals surface area contributed by atoms with Crippen LogP contribution in [0.4, 0.5) is 0 Å². The maximum Gasteiger partial charge on any atom is 0.251 e. The number of thioether (sulfide) groups is 1. The Hall–Kier alpha value is -0.830. The van der Waals surface area contributed by atoms with Crippen LogP contribution in [0.2, 0.25) is 0 Å². The van der Waals surface area contributed by atoms with Gasteiger partial charge in [-0.25, -0.2) is 22.8 Å². The van der Waals surface area contributed by atoms with Crippen molar-refractivity contribution in [3.63, 3.8) is 0 Å². The van der Waals surface area contributed by atoms with Gasteiger partial charge in [-0.15, -0.1) is 0 Å². The molecule has 0 aromatic heterocycles. The third-order valence-electron chi connectivity index (χ3n) is 1.31. The van der Waals surface area contributed by atoms with Gasteiger partial charge in [-0.2, -0.15) is 0 Å². The molecule has 0 amide bonds. The second-order valence-electron chi connectivity index (χ2n) is 2.30. The van der Waals surface area contributed by atoms with Crippen molar-refractivity contribution in [1.29, 1.82) is 0 Å². The van der Waals surface area contributed by atoms with Crippen molar-refractivity contribution in [2.45, 2.75) is 0 Å². The fraction of sp³-hybridized carbons (Fsp3) is 0.750. The van der Waals surface area contributed by atoms with Crippen LogP contribution in [0.1, 0.15) is 0 Å². The topological polar surface area (TPSA) is 92.9 Å². The molecule has 0 spiro atoms. The largest absolute Gasteiger partial charge is 0.251 e. The summed E-state index contributed by atoms with van der Waals surface area (Å²) >= 11 is 1.06. The summed E-state index contributed by atoms with van der Waals surface area (Å²) in [5.74, 6) is 0.500. The number of sulfonamides is 1. The van der Waals surface area contributed by atoms with Crippen molar-refractivity contribution in [2.75, 3.05) is 18.6 Å². The first-order valence-electron chi connectivity index (χ1n) is 3.25. The number of rotatable bonds is 2. The SMILES string of the molecule is CS(=O)(=O)N1CCSC1=N[N+](=O)[O-]. The summed E-state index contributed by atoms with van der Waals surface area (Å²) in [7, 11) is -3.42. The van der Waals surface area contributed by atoms with E-state index in [1.807, 2.05) is 0 Å². The Balaban J connectivity index is 2.95. The summed E-state index contributed by atoms with van der Waals surface area (Å²) < 4.78 is 23.0. The lowest BCUT2D eigenvalue weighted by molar-refractivity contribution is -0.485. The fourth-order valence-corrected chi connectivity index (χ4v) is 3.08. The van der Waals surface area contributed by atoms with Gasteiger partial charge in [-0.1, -0.05) is 11.8 Å². The molecule has 74 valence electrons. The van der Waals surface area contributed by atoms with Gasteiger partial charge in [0.1, 0.15) is 0 Å². The Bertz CT molecular complexity index is 348. The summed E-state index contributed by atoms with van der Waals surface area (Å²) in [6.07, 6.45) is 0.994. The highest BCUT2D eigenvalue weighted by atomic mass is 32.2. The second kappa shape index (κ2) is 3.50. The molecule has 1 rings (SSSR count). The van der Waals surface area contributed by atoms with Crippen LogP contribution in [0.3, 0.4) is 0 Å². The van der Waals surface area contributed by atoms with E-state index in [0.717, 1.165) is 22.3 Å². The predicted octanol–water partition coefficient (Wildman–Crippen LogP) is -0.457. The van der Waals surface area contributed by atoms with Crippen molar-refractivity contribution >= 4 is 27.0 Å². The Labute approximate surface area is 79.0 Å². The minimum absolute atomic E-state index is 0.0625. The second-order valence-corrected chi connectivity index (χ2v) is 5.27. The number of hydrazone groups is 1. The van der Waals surface area contributed by atoms with Crippen molar-refractivity contribution in [1.82, 2.24) is 4.31 Å². The molecular weight excluding hydrogens is 218 g/mol. The first kappa shape index (κ1) is 10.3. The molecule has 0 aromatic carbocycles. The first-order valence-corrected chi connectivity index (χ1v) is 6.08. The molecule has 0 aromatic rings. The minimum atomic E-state index is -3.42.